The minimum absolute atomic E-state index is 0.0651. The van der Waals surface area contributed by atoms with E-state index in [1.807, 2.05) is 12.1 Å². The van der Waals surface area contributed by atoms with E-state index in [1.165, 1.54) is 0 Å². The van der Waals surface area contributed by atoms with Gasteiger partial charge in [-0.1, -0.05) is 53.7 Å². The molecule has 0 amide bonds. The molecule has 0 saturated carbocycles. The van der Waals surface area contributed by atoms with E-state index in [4.69, 9.17) is 0 Å². The van der Waals surface area contributed by atoms with Gasteiger partial charge in [-0.2, -0.15) is 5.10 Å². The molecule has 0 saturated heterocycles. The summed E-state index contributed by atoms with van der Waals surface area (Å²) in [7, 11) is 0. The van der Waals surface area contributed by atoms with E-state index in [9.17, 15) is 9.90 Å². The first-order valence-corrected chi connectivity index (χ1v) is 8.64. The predicted molar refractivity (Wildman–Crippen MR) is 100.0 cm³/mol. The zero-order valence-corrected chi connectivity index (χ0v) is 16.0. The molecule has 2 aromatic rings. The summed E-state index contributed by atoms with van der Waals surface area (Å²) in [5.74, 6) is -0.414. The highest BCUT2D eigenvalue weighted by atomic mass is 16.3. The number of hydrogen-bond acceptors (Lipinski definition) is 4. The zero-order valence-electron chi connectivity index (χ0n) is 16.0. The SMILES string of the molecule is CC(C)(C)CC(C(=O)c1cccnn1)c1cc(C(C)(C)C)ccc1O. The first-order chi connectivity index (χ1) is 11.5. The van der Waals surface area contributed by atoms with Crippen molar-refractivity contribution in [2.45, 2.75) is 59.3 Å². The van der Waals surface area contributed by atoms with E-state index in [0.717, 1.165) is 5.56 Å². The van der Waals surface area contributed by atoms with Gasteiger partial charge in [-0.15, -0.1) is 5.10 Å². The van der Waals surface area contributed by atoms with E-state index >= 15 is 0 Å². The van der Waals surface area contributed by atoms with Gasteiger partial charge in [0.1, 0.15) is 11.4 Å². The molecule has 1 aromatic carbocycles. The van der Waals surface area contributed by atoms with Crippen molar-refractivity contribution in [3.8, 4) is 5.75 Å². The minimum Gasteiger partial charge on any atom is -0.508 e. The topological polar surface area (TPSA) is 63.1 Å². The molecule has 1 unspecified atom stereocenters. The smallest absolute Gasteiger partial charge is 0.190 e. The van der Waals surface area contributed by atoms with Crippen LogP contribution in [0.25, 0.3) is 0 Å². The fourth-order valence-corrected chi connectivity index (χ4v) is 2.87. The lowest BCUT2D eigenvalue weighted by Crippen LogP contribution is -2.22. The summed E-state index contributed by atoms with van der Waals surface area (Å²) in [5.41, 5.74) is 1.94. The number of ketones is 1. The fraction of sp³-hybridized carbons (Fsp3) is 0.476. The highest BCUT2D eigenvalue weighted by molar-refractivity contribution is 5.99. The molecule has 0 aliphatic carbocycles. The number of carbonyl (C=O) groups excluding carboxylic acids is 1. The maximum atomic E-state index is 13.1. The number of aromatic hydroxyl groups is 1. The molecule has 0 aliphatic heterocycles. The monoisotopic (exact) mass is 340 g/mol. The molecule has 4 heteroatoms. The number of phenolic OH excluding ortho intramolecular Hbond substituents is 1. The summed E-state index contributed by atoms with van der Waals surface area (Å²) in [4.78, 5) is 13.1. The zero-order chi connectivity index (χ0) is 18.8. The van der Waals surface area contributed by atoms with Crippen LogP contribution in [0.2, 0.25) is 0 Å². The lowest BCUT2D eigenvalue weighted by atomic mass is 9.76. The van der Waals surface area contributed by atoms with Crippen molar-refractivity contribution in [1.29, 1.82) is 0 Å². The van der Waals surface area contributed by atoms with Crippen LogP contribution in [-0.4, -0.2) is 21.1 Å². The van der Waals surface area contributed by atoms with Crippen molar-refractivity contribution in [3.05, 3.63) is 53.3 Å². The third-order valence-corrected chi connectivity index (χ3v) is 4.23. The lowest BCUT2D eigenvalue weighted by molar-refractivity contribution is 0.0928. The van der Waals surface area contributed by atoms with Crippen LogP contribution in [0.3, 0.4) is 0 Å². The molecule has 0 spiro atoms. The summed E-state index contributed by atoms with van der Waals surface area (Å²) >= 11 is 0. The summed E-state index contributed by atoms with van der Waals surface area (Å²) in [5, 5.41) is 18.3. The lowest BCUT2D eigenvalue weighted by Gasteiger charge is -2.27. The molecule has 4 nitrogen and oxygen atoms in total. The van der Waals surface area contributed by atoms with Gasteiger partial charge in [-0.25, -0.2) is 0 Å². The Labute approximate surface area is 150 Å². The van der Waals surface area contributed by atoms with E-state index < -0.39 is 5.92 Å². The van der Waals surface area contributed by atoms with Crippen LogP contribution in [0.5, 0.6) is 5.75 Å². The van der Waals surface area contributed by atoms with Gasteiger partial charge in [0, 0.05) is 11.8 Å². The maximum absolute atomic E-state index is 13.1. The first kappa shape index (κ1) is 19.1. The van der Waals surface area contributed by atoms with Gasteiger partial charge < -0.3 is 5.11 Å². The number of hydrogen-bond donors (Lipinski definition) is 1. The molecule has 0 radical (unpaired) electrons. The number of rotatable bonds is 4. The molecule has 25 heavy (non-hydrogen) atoms. The molecule has 0 aliphatic rings. The van der Waals surface area contributed by atoms with E-state index in [2.05, 4.69) is 51.7 Å². The molecule has 134 valence electrons. The standard InChI is InChI=1S/C21H28N2O2/c1-20(2,3)13-16(19(25)17-8-7-11-22-23-17)15-12-14(21(4,5)6)9-10-18(15)24/h7-12,16,24H,13H2,1-6H3. The summed E-state index contributed by atoms with van der Waals surface area (Å²) in [6.07, 6.45) is 2.16. The second-order valence-corrected chi connectivity index (χ2v) is 8.81. The van der Waals surface area contributed by atoms with Gasteiger partial charge >= 0.3 is 0 Å². The van der Waals surface area contributed by atoms with Crippen molar-refractivity contribution < 1.29 is 9.90 Å². The highest BCUT2D eigenvalue weighted by Crippen LogP contribution is 2.39. The quantitative estimate of drug-likeness (QED) is 0.806. The average molecular weight is 340 g/mol. The molecule has 2 rings (SSSR count). The molecule has 1 aromatic heterocycles. The Hall–Kier alpha value is -2.23. The second-order valence-electron chi connectivity index (χ2n) is 8.81. The maximum Gasteiger partial charge on any atom is 0.190 e. The Morgan fingerprint density at radius 2 is 1.80 bits per heavy atom. The minimum atomic E-state index is -0.459. The number of carbonyl (C=O) groups is 1. The Kier molecular flexibility index (Phi) is 5.31. The van der Waals surface area contributed by atoms with Crippen molar-refractivity contribution in [3.63, 3.8) is 0 Å². The van der Waals surface area contributed by atoms with Gasteiger partial charge in [0.15, 0.2) is 5.78 Å². The van der Waals surface area contributed by atoms with Gasteiger partial charge in [0.05, 0.1) is 5.92 Å². The van der Waals surface area contributed by atoms with Crippen LogP contribution in [0.4, 0.5) is 0 Å². The second kappa shape index (κ2) is 6.95. The van der Waals surface area contributed by atoms with E-state index in [1.54, 1.807) is 24.4 Å². The highest BCUT2D eigenvalue weighted by Gasteiger charge is 2.31. The third kappa shape index (κ3) is 4.88. The molecular weight excluding hydrogens is 312 g/mol. The normalized spacial score (nSPS) is 13.5. The van der Waals surface area contributed by atoms with Crippen molar-refractivity contribution in [1.82, 2.24) is 10.2 Å². The van der Waals surface area contributed by atoms with Crippen LogP contribution in [0.1, 0.15) is 75.5 Å². The molecule has 1 atom stereocenters. The van der Waals surface area contributed by atoms with E-state index in [-0.39, 0.29) is 22.4 Å². The largest absolute Gasteiger partial charge is 0.508 e. The molecule has 0 fully saturated rings. The third-order valence-electron chi connectivity index (χ3n) is 4.23. The summed E-state index contributed by atoms with van der Waals surface area (Å²) in [6.45, 7) is 12.6. The molecule has 0 bridgehead atoms. The number of nitrogens with zero attached hydrogens (tertiary/aromatic N) is 2. The van der Waals surface area contributed by atoms with Crippen LogP contribution < -0.4 is 0 Å². The number of Topliss-reactive ketones (excluding diaryl/α,β-unsaturated/α-hetero) is 1. The van der Waals surface area contributed by atoms with E-state index in [0.29, 0.717) is 17.7 Å². The van der Waals surface area contributed by atoms with Crippen LogP contribution in [0, 0.1) is 5.41 Å². The van der Waals surface area contributed by atoms with Crippen LogP contribution in [-0.2, 0) is 5.41 Å². The van der Waals surface area contributed by atoms with Gasteiger partial charge in [-0.05, 0) is 41.0 Å². The summed E-state index contributed by atoms with van der Waals surface area (Å²) < 4.78 is 0. The Balaban J connectivity index is 2.55. The van der Waals surface area contributed by atoms with Crippen molar-refractivity contribution in [2.24, 2.45) is 5.41 Å². The Bertz CT molecular complexity index is 741. The Morgan fingerprint density at radius 1 is 1.12 bits per heavy atom. The molecule has 1 heterocycles. The average Bonchev–Trinajstić information content (AvgIpc) is 2.51. The molecular formula is C21H28N2O2. The molecule has 1 N–H and O–H groups in total. The van der Waals surface area contributed by atoms with Crippen molar-refractivity contribution >= 4 is 5.78 Å². The van der Waals surface area contributed by atoms with Crippen LogP contribution >= 0.6 is 0 Å². The van der Waals surface area contributed by atoms with Gasteiger partial charge in [0.2, 0.25) is 0 Å². The van der Waals surface area contributed by atoms with Gasteiger partial charge in [0.25, 0.3) is 0 Å². The fourth-order valence-electron chi connectivity index (χ4n) is 2.87. The number of aromatic nitrogens is 2. The van der Waals surface area contributed by atoms with Gasteiger partial charge in [-0.3, -0.25) is 4.79 Å². The van der Waals surface area contributed by atoms with Crippen LogP contribution in [0.15, 0.2) is 36.5 Å². The summed E-state index contributed by atoms with van der Waals surface area (Å²) in [6, 6.07) is 8.95. The number of phenols is 1. The number of benzene rings is 1. The first-order valence-electron chi connectivity index (χ1n) is 8.64. The predicted octanol–water partition coefficient (Wildman–Crippen LogP) is 4.88. The van der Waals surface area contributed by atoms with Crippen molar-refractivity contribution in [2.75, 3.05) is 0 Å². The Morgan fingerprint density at radius 3 is 2.32 bits per heavy atom.